The number of amides is 1. The van der Waals surface area contributed by atoms with E-state index in [0.29, 0.717) is 4.90 Å². The maximum Gasteiger partial charge on any atom is 0.471 e. The first-order valence-corrected chi connectivity index (χ1v) is 7.45. The van der Waals surface area contributed by atoms with Crippen molar-refractivity contribution in [2.75, 3.05) is 13.1 Å². The van der Waals surface area contributed by atoms with Crippen molar-refractivity contribution in [3.05, 3.63) is 33.8 Å². The lowest BCUT2D eigenvalue weighted by atomic mass is 9.88. The van der Waals surface area contributed by atoms with Gasteiger partial charge in [-0.3, -0.25) is 9.59 Å². The number of hydrogen-bond acceptors (Lipinski definition) is 3. The van der Waals surface area contributed by atoms with Crippen LogP contribution in [-0.2, 0) is 4.79 Å². The molecule has 0 unspecified atom stereocenters. The summed E-state index contributed by atoms with van der Waals surface area (Å²) in [6, 6.07) is 1.89. The molecule has 1 fully saturated rings. The van der Waals surface area contributed by atoms with Crippen molar-refractivity contribution in [1.29, 1.82) is 0 Å². The van der Waals surface area contributed by atoms with Gasteiger partial charge in [-0.05, 0) is 25.0 Å². The number of alkyl halides is 3. The summed E-state index contributed by atoms with van der Waals surface area (Å²) < 4.78 is 64.7. The standard InChI is InChI=1S/C14H11BrF5NO2.H3N/c15-8-5-9(16)11(10(17)6-8)12(22)7-1-3-21(4-2-7)13(23)14(18,19)20;/h5-7H,1-4H2;1H3. The van der Waals surface area contributed by atoms with Crippen molar-refractivity contribution in [3.8, 4) is 0 Å². The number of ketones is 1. The van der Waals surface area contributed by atoms with Gasteiger partial charge < -0.3 is 11.1 Å². The van der Waals surface area contributed by atoms with E-state index < -0.39 is 41.0 Å². The number of benzene rings is 1. The summed E-state index contributed by atoms with van der Waals surface area (Å²) in [5, 5.41) is 0. The van der Waals surface area contributed by atoms with Crippen molar-refractivity contribution in [1.82, 2.24) is 11.1 Å². The second-order valence-corrected chi connectivity index (χ2v) is 6.09. The zero-order valence-corrected chi connectivity index (χ0v) is 13.9. The molecular weight excluding hydrogens is 403 g/mol. The highest BCUT2D eigenvalue weighted by molar-refractivity contribution is 9.10. The van der Waals surface area contributed by atoms with Crippen molar-refractivity contribution in [2.45, 2.75) is 19.0 Å². The minimum atomic E-state index is -4.97. The lowest BCUT2D eigenvalue weighted by Gasteiger charge is -2.31. The Balaban J connectivity index is 0.00000288. The van der Waals surface area contributed by atoms with Gasteiger partial charge in [0, 0.05) is 23.5 Å². The summed E-state index contributed by atoms with van der Waals surface area (Å²) in [4.78, 5) is 23.9. The van der Waals surface area contributed by atoms with E-state index in [2.05, 4.69) is 15.9 Å². The van der Waals surface area contributed by atoms with Gasteiger partial charge in [-0.2, -0.15) is 13.2 Å². The number of halogens is 6. The Morgan fingerprint density at radius 3 is 1.96 bits per heavy atom. The molecule has 10 heteroatoms. The molecule has 0 aromatic heterocycles. The first-order valence-electron chi connectivity index (χ1n) is 6.66. The van der Waals surface area contributed by atoms with Gasteiger partial charge in [0.1, 0.15) is 11.6 Å². The molecule has 134 valence electrons. The van der Waals surface area contributed by atoms with Crippen molar-refractivity contribution < 1.29 is 31.5 Å². The van der Waals surface area contributed by atoms with Crippen molar-refractivity contribution >= 4 is 27.6 Å². The van der Waals surface area contributed by atoms with Gasteiger partial charge in [0.25, 0.3) is 0 Å². The van der Waals surface area contributed by atoms with Gasteiger partial charge in [-0.1, -0.05) is 15.9 Å². The molecule has 0 atom stereocenters. The Hall–Kier alpha value is -1.55. The average molecular weight is 417 g/mol. The molecule has 1 heterocycles. The number of carbonyl (C=O) groups is 2. The number of likely N-dealkylation sites (tertiary alicyclic amines) is 1. The van der Waals surface area contributed by atoms with Gasteiger partial charge in [-0.15, -0.1) is 0 Å². The number of piperidine rings is 1. The molecule has 2 rings (SSSR count). The summed E-state index contributed by atoms with van der Waals surface area (Å²) in [6.07, 6.45) is -5.12. The minimum Gasteiger partial charge on any atom is -0.344 e. The molecule has 1 amide bonds. The number of nitrogens with zero attached hydrogens (tertiary/aromatic N) is 1. The van der Waals surface area contributed by atoms with E-state index in [1.54, 1.807) is 0 Å². The zero-order valence-electron chi connectivity index (χ0n) is 12.3. The van der Waals surface area contributed by atoms with Crippen molar-refractivity contribution in [2.24, 2.45) is 5.92 Å². The Kier molecular flexibility index (Phi) is 6.45. The summed E-state index contributed by atoms with van der Waals surface area (Å²) in [5.41, 5.74) is -0.700. The summed E-state index contributed by atoms with van der Waals surface area (Å²) in [7, 11) is 0. The van der Waals surface area contributed by atoms with Crippen LogP contribution in [0, 0.1) is 17.6 Å². The summed E-state index contributed by atoms with van der Waals surface area (Å²) in [5.74, 6) is -5.65. The molecule has 3 N–H and O–H groups in total. The largest absolute Gasteiger partial charge is 0.471 e. The Labute approximate surface area is 142 Å². The van der Waals surface area contributed by atoms with Crippen LogP contribution in [0.5, 0.6) is 0 Å². The topological polar surface area (TPSA) is 72.4 Å². The SMILES string of the molecule is N.O=C(c1c(F)cc(Br)cc1F)C1CCN(C(=O)C(F)(F)F)CC1. The predicted molar refractivity (Wildman–Crippen MR) is 78.8 cm³/mol. The van der Waals surface area contributed by atoms with Gasteiger partial charge in [-0.25, -0.2) is 8.78 Å². The Morgan fingerprint density at radius 2 is 1.54 bits per heavy atom. The summed E-state index contributed by atoms with van der Waals surface area (Å²) in [6.45, 7) is -0.566. The molecule has 0 saturated carbocycles. The third-order valence-electron chi connectivity index (χ3n) is 3.65. The smallest absolute Gasteiger partial charge is 0.344 e. The highest BCUT2D eigenvalue weighted by atomic mass is 79.9. The molecule has 1 aromatic rings. The molecule has 1 aliphatic heterocycles. The normalized spacial score (nSPS) is 15.8. The lowest BCUT2D eigenvalue weighted by Crippen LogP contribution is -2.46. The van der Waals surface area contributed by atoms with Crippen LogP contribution in [0.3, 0.4) is 0 Å². The maximum absolute atomic E-state index is 13.8. The average Bonchev–Trinajstić information content (AvgIpc) is 2.44. The highest BCUT2D eigenvalue weighted by Gasteiger charge is 2.44. The summed E-state index contributed by atoms with van der Waals surface area (Å²) >= 11 is 2.89. The maximum atomic E-state index is 13.8. The van der Waals surface area contributed by atoms with E-state index in [4.69, 9.17) is 0 Å². The van der Waals surface area contributed by atoms with Gasteiger partial charge in [0.2, 0.25) is 0 Å². The second kappa shape index (κ2) is 7.56. The monoisotopic (exact) mass is 416 g/mol. The molecule has 4 nitrogen and oxygen atoms in total. The molecule has 1 aliphatic rings. The fraction of sp³-hybridized carbons (Fsp3) is 0.429. The van der Waals surface area contributed by atoms with Crippen molar-refractivity contribution in [3.63, 3.8) is 0 Å². The molecular formula is C14H14BrF5N2O2. The van der Waals surface area contributed by atoms with E-state index >= 15 is 0 Å². The van der Waals surface area contributed by atoms with Crippen LogP contribution < -0.4 is 6.15 Å². The lowest BCUT2D eigenvalue weighted by molar-refractivity contribution is -0.186. The fourth-order valence-corrected chi connectivity index (χ4v) is 2.91. The number of rotatable bonds is 2. The van der Waals surface area contributed by atoms with Crippen LogP contribution >= 0.6 is 15.9 Å². The third kappa shape index (κ3) is 4.29. The molecule has 0 bridgehead atoms. The van der Waals surface area contributed by atoms with Crippen LogP contribution in [0.2, 0.25) is 0 Å². The molecule has 1 aromatic carbocycles. The van der Waals surface area contributed by atoms with E-state index in [1.165, 1.54) is 0 Å². The van der Waals surface area contributed by atoms with Gasteiger partial charge >= 0.3 is 12.1 Å². The van der Waals surface area contributed by atoms with Gasteiger partial charge in [0.15, 0.2) is 5.78 Å². The highest BCUT2D eigenvalue weighted by Crippen LogP contribution is 2.28. The number of hydrogen-bond donors (Lipinski definition) is 1. The van der Waals surface area contributed by atoms with Crippen LogP contribution in [0.15, 0.2) is 16.6 Å². The first kappa shape index (κ1) is 20.5. The van der Waals surface area contributed by atoms with E-state index in [1.807, 2.05) is 0 Å². The Bertz CT molecular complexity index is 620. The molecule has 1 saturated heterocycles. The number of Topliss-reactive ketones (excluding diaryl/α,β-unsaturated/α-hetero) is 1. The molecule has 24 heavy (non-hydrogen) atoms. The molecule has 0 aliphatic carbocycles. The van der Waals surface area contributed by atoms with Gasteiger partial charge in [0.05, 0.1) is 5.56 Å². The third-order valence-corrected chi connectivity index (χ3v) is 4.11. The quantitative estimate of drug-likeness (QED) is 0.587. The van der Waals surface area contributed by atoms with Crippen LogP contribution in [0.4, 0.5) is 22.0 Å². The predicted octanol–water partition coefficient (Wildman–Crippen LogP) is 3.87. The van der Waals surface area contributed by atoms with E-state index in [-0.39, 0.29) is 36.6 Å². The minimum absolute atomic E-state index is 0. The second-order valence-electron chi connectivity index (χ2n) is 5.17. The zero-order chi connectivity index (χ0) is 17.4. The Morgan fingerprint density at radius 1 is 1.08 bits per heavy atom. The fourth-order valence-electron chi connectivity index (χ4n) is 2.51. The van der Waals surface area contributed by atoms with Crippen LogP contribution in [0.1, 0.15) is 23.2 Å². The first-order chi connectivity index (χ1) is 10.6. The van der Waals surface area contributed by atoms with E-state index in [0.717, 1.165) is 12.1 Å². The molecule has 0 spiro atoms. The van der Waals surface area contributed by atoms with Crippen LogP contribution in [0.25, 0.3) is 0 Å². The number of carbonyl (C=O) groups excluding carboxylic acids is 2. The van der Waals surface area contributed by atoms with Crippen LogP contribution in [-0.4, -0.2) is 35.9 Å². The molecule has 0 radical (unpaired) electrons. The van der Waals surface area contributed by atoms with E-state index in [9.17, 15) is 31.5 Å².